The molecule has 0 aliphatic carbocycles. The average Bonchev–Trinajstić information content (AvgIpc) is 2.70. The molecule has 4 heteroatoms. The molecule has 2 N–H and O–H groups in total. The highest BCUT2D eigenvalue weighted by Crippen LogP contribution is 2.28. The van der Waals surface area contributed by atoms with Crippen molar-refractivity contribution in [1.29, 1.82) is 0 Å². The quantitative estimate of drug-likeness (QED) is 0.679. The number of hydrogen-bond donors (Lipinski definition) is 1. The number of nitrogens with two attached hydrogens (primary N) is 1. The molecule has 1 aromatic heterocycles. The first kappa shape index (κ1) is 13.9. The second kappa shape index (κ2) is 5.21. The predicted molar refractivity (Wildman–Crippen MR) is 80.6 cm³/mol. The number of esters is 1. The maximum atomic E-state index is 11.9. The summed E-state index contributed by atoms with van der Waals surface area (Å²) in [5.41, 5.74) is 6.61. The van der Waals surface area contributed by atoms with E-state index in [2.05, 4.69) is 20.8 Å². The van der Waals surface area contributed by atoms with Crippen LogP contribution in [0.1, 0.15) is 36.9 Å². The first-order valence-electron chi connectivity index (χ1n) is 6.31. The molecule has 3 nitrogen and oxygen atoms in total. The second-order valence-corrected chi connectivity index (χ2v) is 6.94. The van der Waals surface area contributed by atoms with Crippen LogP contribution in [-0.2, 0) is 4.74 Å². The maximum absolute atomic E-state index is 11.9. The Morgan fingerprint density at radius 3 is 2.74 bits per heavy atom. The molecule has 0 unspecified atom stereocenters. The summed E-state index contributed by atoms with van der Waals surface area (Å²) in [5, 5.41) is 0.993. The minimum Gasteiger partial charge on any atom is -0.461 e. The summed E-state index contributed by atoms with van der Waals surface area (Å²) in [6.45, 7) is 6.84. The van der Waals surface area contributed by atoms with Gasteiger partial charge in [0.15, 0.2) is 0 Å². The number of carbonyl (C=O) groups is 1. The topological polar surface area (TPSA) is 52.3 Å². The van der Waals surface area contributed by atoms with Gasteiger partial charge < -0.3 is 10.5 Å². The van der Waals surface area contributed by atoms with Crippen molar-refractivity contribution in [2.75, 3.05) is 12.3 Å². The predicted octanol–water partition coefficient (Wildman–Crippen LogP) is 4.08. The number of ether oxygens (including phenoxy) is 1. The lowest BCUT2D eigenvalue weighted by atomic mass is 9.93. The third-order valence-corrected chi connectivity index (χ3v) is 3.92. The van der Waals surface area contributed by atoms with Gasteiger partial charge in [0, 0.05) is 10.4 Å². The Kier molecular flexibility index (Phi) is 3.80. The van der Waals surface area contributed by atoms with Crippen molar-refractivity contribution in [3.63, 3.8) is 0 Å². The van der Waals surface area contributed by atoms with Crippen LogP contribution in [0.3, 0.4) is 0 Å². The van der Waals surface area contributed by atoms with E-state index in [0.717, 1.165) is 16.5 Å². The zero-order valence-electron chi connectivity index (χ0n) is 11.5. The summed E-state index contributed by atoms with van der Waals surface area (Å²) in [5.74, 6) is -0.246. The van der Waals surface area contributed by atoms with Gasteiger partial charge in [0.2, 0.25) is 0 Å². The highest BCUT2D eigenvalue weighted by atomic mass is 32.1. The van der Waals surface area contributed by atoms with Gasteiger partial charge in [-0.3, -0.25) is 0 Å². The van der Waals surface area contributed by atoms with Crippen molar-refractivity contribution in [3.05, 3.63) is 29.1 Å². The highest BCUT2D eigenvalue weighted by molar-refractivity contribution is 7.20. The smallest absolute Gasteiger partial charge is 0.348 e. The van der Waals surface area contributed by atoms with Crippen LogP contribution in [0.25, 0.3) is 10.1 Å². The largest absolute Gasteiger partial charge is 0.461 e. The van der Waals surface area contributed by atoms with Crippen LogP contribution >= 0.6 is 11.3 Å². The number of benzene rings is 1. The van der Waals surface area contributed by atoms with Crippen molar-refractivity contribution in [1.82, 2.24) is 0 Å². The molecule has 102 valence electrons. The molecule has 1 heterocycles. The minimum atomic E-state index is -0.246. The van der Waals surface area contributed by atoms with Gasteiger partial charge in [-0.05, 0) is 41.5 Å². The number of rotatable bonds is 3. The first-order chi connectivity index (χ1) is 8.85. The SMILES string of the molecule is CC(C)(C)CCOC(=O)c1cc2cc(N)ccc2s1. The number of thiophene rings is 1. The van der Waals surface area contributed by atoms with Crippen molar-refractivity contribution < 1.29 is 9.53 Å². The van der Waals surface area contributed by atoms with Crippen molar-refractivity contribution in [3.8, 4) is 0 Å². The van der Waals surface area contributed by atoms with Crippen molar-refractivity contribution >= 4 is 33.1 Å². The van der Waals surface area contributed by atoms with Crippen molar-refractivity contribution in [2.24, 2.45) is 5.41 Å². The Morgan fingerprint density at radius 1 is 1.32 bits per heavy atom. The Labute approximate surface area is 117 Å². The molecule has 2 rings (SSSR count). The summed E-state index contributed by atoms with van der Waals surface area (Å²) in [6, 6.07) is 7.49. The van der Waals surface area contributed by atoms with E-state index in [4.69, 9.17) is 10.5 Å². The Hall–Kier alpha value is -1.55. The van der Waals surface area contributed by atoms with Crippen LogP contribution in [-0.4, -0.2) is 12.6 Å². The Balaban J connectivity index is 2.05. The molecular formula is C15H19NO2S. The molecule has 0 aliphatic rings. The summed E-state index contributed by atoms with van der Waals surface area (Å²) >= 11 is 1.44. The molecular weight excluding hydrogens is 258 g/mol. The third-order valence-electron chi connectivity index (χ3n) is 2.83. The van der Waals surface area contributed by atoms with Crippen molar-refractivity contribution in [2.45, 2.75) is 27.2 Å². The fraction of sp³-hybridized carbons (Fsp3) is 0.400. The average molecular weight is 277 g/mol. The van der Waals surface area contributed by atoms with E-state index in [-0.39, 0.29) is 11.4 Å². The molecule has 0 fully saturated rings. The molecule has 2 aromatic rings. The van der Waals surface area contributed by atoms with E-state index in [1.807, 2.05) is 24.3 Å². The minimum absolute atomic E-state index is 0.175. The lowest BCUT2D eigenvalue weighted by molar-refractivity contribution is 0.0470. The van der Waals surface area contributed by atoms with E-state index < -0.39 is 0 Å². The van der Waals surface area contributed by atoms with E-state index in [9.17, 15) is 4.79 Å². The van der Waals surface area contributed by atoms with Gasteiger partial charge in [0.1, 0.15) is 4.88 Å². The normalized spacial score (nSPS) is 11.7. The number of anilines is 1. The lowest BCUT2D eigenvalue weighted by Crippen LogP contribution is -2.12. The summed E-state index contributed by atoms with van der Waals surface area (Å²) in [4.78, 5) is 12.6. The third kappa shape index (κ3) is 3.70. The molecule has 0 radical (unpaired) electrons. The van der Waals surface area contributed by atoms with Gasteiger partial charge in [-0.15, -0.1) is 11.3 Å². The van der Waals surface area contributed by atoms with Crippen LogP contribution in [0.5, 0.6) is 0 Å². The standard InChI is InChI=1S/C15H19NO2S/c1-15(2,3)6-7-18-14(17)13-9-10-8-11(16)4-5-12(10)19-13/h4-5,8-9H,6-7,16H2,1-3H3. The number of hydrogen-bond acceptors (Lipinski definition) is 4. The molecule has 0 saturated carbocycles. The second-order valence-electron chi connectivity index (χ2n) is 5.85. The Bertz CT molecular complexity index is 596. The molecule has 19 heavy (non-hydrogen) atoms. The lowest BCUT2D eigenvalue weighted by Gasteiger charge is -2.17. The van der Waals surface area contributed by atoms with Gasteiger partial charge in [-0.1, -0.05) is 20.8 Å². The number of carbonyl (C=O) groups excluding carboxylic acids is 1. The van der Waals surface area contributed by atoms with E-state index in [1.165, 1.54) is 11.3 Å². The van der Waals surface area contributed by atoms with Crippen LogP contribution in [0.4, 0.5) is 5.69 Å². The summed E-state index contributed by atoms with van der Waals surface area (Å²) in [6.07, 6.45) is 0.858. The molecule has 0 saturated heterocycles. The number of fused-ring (bicyclic) bond motifs is 1. The zero-order valence-corrected chi connectivity index (χ0v) is 12.3. The fourth-order valence-corrected chi connectivity index (χ4v) is 2.62. The first-order valence-corrected chi connectivity index (χ1v) is 7.13. The molecule has 0 atom stereocenters. The molecule has 0 spiro atoms. The molecule has 0 bridgehead atoms. The van der Waals surface area contributed by atoms with E-state index >= 15 is 0 Å². The van der Waals surface area contributed by atoms with Gasteiger partial charge in [-0.25, -0.2) is 4.79 Å². The zero-order chi connectivity index (χ0) is 14.0. The highest BCUT2D eigenvalue weighted by Gasteiger charge is 2.14. The summed E-state index contributed by atoms with van der Waals surface area (Å²) < 4.78 is 6.36. The van der Waals surface area contributed by atoms with E-state index in [0.29, 0.717) is 17.2 Å². The van der Waals surface area contributed by atoms with Gasteiger partial charge in [0.05, 0.1) is 6.61 Å². The van der Waals surface area contributed by atoms with Gasteiger partial charge >= 0.3 is 5.97 Å². The van der Waals surface area contributed by atoms with Crippen LogP contribution < -0.4 is 5.73 Å². The summed E-state index contributed by atoms with van der Waals surface area (Å²) in [7, 11) is 0. The van der Waals surface area contributed by atoms with Gasteiger partial charge in [0.25, 0.3) is 0 Å². The number of nitrogen functional groups attached to an aromatic ring is 1. The van der Waals surface area contributed by atoms with Gasteiger partial charge in [-0.2, -0.15) is 0 Å². The monoisotopic (exact) mass is 277 g/mol. The molecule has 0 amide bonds. The van der Waals surface area contributed by atoms with Crippen LogP contribution in [0, 0.1) is 5.41 Å². The van der Waals surface area contributed by atoms with E-state index in [1.54, 1.807) is 0 Å². The van der Waals surface area contributed by atoms with Crippen LogP contribution in [0.2, 0.25) is 0 Å². The maximum Gasteiger partial charge on any atom is 0.348 e. The van der Waals surface area contributed by atoms with Crippen LogP contribution in [0.15, 0.2) is 24.3 Å². The molecule has 1 aromatic carbocycles. The fourth-order valence-electron chi connectivity index (χ4n) is 1.68. The Morgan fingerprint density at radius 2 is 2.05 bits per heavy atom. The molecule has 0 aliphatic heterocycles.